The van der Waals surface area contributed by atoms with Gasteiger partial charge < -0.3 is 9.13 Å². The van der Waals surface area contributed by atoms with Crippen LogP contribution in [0.5, 0.6) is 0 Å². The van der Waals surface area contributed by atoms with Crippen molar-refractivity contribution >= 4 is 49.7 Å². The fraction of sp³-hybridized carbons (Fsp3) is 0. The SMILES string of the molecule is C=Cc1ccc(-c2ccc3c4ccccc4n(-c4ccc(-c5ccc(-n6c7ccccc7c7ccccc76)cc5)cc4)c3c2)cc1. The van der Waals surface area contributed by atoms with E-state index in [-0.39, 0.29) is 0 Å². The summed E-state index contributed by atoms with van der Waals surface area (Å²) in [5.74, 6) is 0. The highest BCUT2D eigenvalue weighted by molar-refractivity contribution is 6.11. The van der Waals surface area contributed by atoms with Crippen LogP contribution in [0.25, 0.3) is 83.3 Å². The first-order chi connectivity index (χ1) is 22.8. The van der Waals surface area contributed by atoms with E-state index in [4.69, 9.17) is 0 Å². The minimum absolute atomic E-state index is 1.13. The maximum Gasteiger partial charge on any atom is 0.0547 e. The van der Waals surface area contributed by atoms with Gasteiger partial charge in [-0.05, 0) is 76.3 Å². The molecule has 9 rings (SSSR count). The van der Waals surface area contributed by atoms with Crippen molar-refractivity contribution in [3.63, 3.8) is 0 Å². The second-order valence-electron chi connectivity index (χ2n) is 11.9. The average Bonchev–Trinajstić information content (AvgIpc) is 3.64. The summed E-state index contributed by atoms with van der Waals surface area (Å²) >= 11 is 0. The molecule has 7 aromatic carbocycles. The minimum Gasteiger partial charge on any atom is -0.309 e. The fourth-order valence-corrected chi connectivity index (χ4v) is 7.05. The van der Waals surface area contributed by atoms with E-state index in [1.807, 2.05) is 6.08 Å². The van der Waals surface area contributed by atoms with Crippen molar-refractivity contribution in [3.8, 4) is 33.6 Å². The van der Waals surface area contributed by atoms with Crippen LogP contribution < -0.4 is 0 Å². The number of aromatic nitrogens is 2. The van der Waals surface area contributed by atoms with E-state index >= 15 is 0 Å². The Labute approximate surface area is 267 Å². The Hall–Kier alpha value is -6.12. The molecular formula is C44H30N2. The predicted octanol–water partition coefficient (Wildman–Crippen LogP) is 11.9. The molecule has 0 aliphatic rings. The van der Waals surface area contributed by atoms with Crippen molar-refractivity contribution in [1.82, 2.24) is 9.13 Å². The first-order valence-corrected chi connectivity index (χ1v) is 15.7. The normalized spacial score (nSPS) is 11.6. The zero-order valence-corrected chi connectivity index (χ0v) is 25.3. The molecule has 2 aromatic heterocycles. The lowest BCUT2D eigenvalue weighted by Crippen LogP contribution is -1.95. The van der Waals surface area contributed by atoms with Crippen LogP contribution in [0.3, 0.4) is 0 Å². The second-order valence-corrected chi connectivity index (χ2v) is 11.9. The summed E-state index contributed by atoms with van der Waals surface area (Å²) in [5.41, 5.74) is 13.1. The Morgan fingerprint density at radius 1 is 0.348 bits per heavy atom. The lowest BCUT2D eigenvalue weighted by Gasteiger charge is -2.12. The number of nitrogens with zero attached hydrogens (tertiary/aromatic N) is 2. The Morgan fingerprint density at radius 3 is 1.20 bits per heavy atom. The number of para-hydroxylation sites is 3. The summed E-state index contributed by atoms with van der Waals surface area (Å²) in [4.78, 5) is 0. The van der Waals surface area contributed by atoms with E-state index in [0.29, 0.717) is 0 Å². The van der Waals surface area contributed by atoms with Crippen molar-refractivity contribution in [2.24, 2.45) is 0 Å². The Morgan fingerprint density at radius 2 is 0.717 bits per heavy atom. The van der Waals surface area contributed by atoms with Gasteiger partial charge in [-0.15, -0.1) is 0 Å². The van der Waals surface area contributed by atoms with E-state index in [0.717, 1.165) is 16.9 Å². The van der Waals surface area contributed by atoms with Gasteiger partial charge in [-0.1, -0.05) is 128 Å². The molecule has 0 fully saturated rings. The van der Waals surface area contributed by atoms with Crippen molar-refractivity contribution in [2.75, 3.05) is 0 Å². The zero-order valence-electron chi connectivity index (χ0n) is 25.3. The van der Waals surface area contributed by atoms with Crippen LogP contribution in [0.1, 0.15) is 5.56 Å². The molecule has 2 heterocycles. The highest BCUT2D eigenvalue weighted by Gasteiger charge is 2.14. The molecule has 0 atom stereocenters. The van der Waals surface area contributed by atoms with E-state index in [2.05, 4.69) is 180 Å². The van der Waals surface area contributed by atoms with Crippen LogP contribution in [0.15, 0.2) is 170 Å². The molecule has 9 aromatic rings. The quantitative estimate of drug-likeness (QED) is 0.190. The number of rotatable bonds is 5. The smallest absolute Gasteiger partial charge is 0.0547 e. The third-order valence-corrected chi connectivity index (χ3v) is 9.32. The highest BCUT2D eigenvalue weighted by atomic mass is 15.0. The maximum absolute atomic E-state index is 3.90. The largest absolute Gasteiger partial charge is 0.309 e. The van der Waals surface area contributed by atoms with Crippen LogP contribution in [-0.2, 0) is 0 Å². The molecule has 0 aliphatic carbocycles. The summed E-state index contributed by atoms with van der Waals surface area (Å²) < 4.78 is 4.75. The number of fused-ring (bicyclic) bond motifs is 6. The second kappa shape index (κ2) is 10.5. The van der Waals surface area contributed by atoms with Gasteiger partial charge in [0.1, 0.15) is 0 Å². The van der Waals surface area contributed by atoms with Crippen LogP contribution in [0, 0.1) is 0 Å². The summed E-state index contributed by atoms with van der Waals surface area (Å²) in [6.45, 7) is 3.90. The van der Waals surface area contributed by atoms with Gasteiger partial charge in [0.25, 0.3) is 0 Å². The molecule has 0 aliphatic heterocycles. The number of hydrogen-bond donors (Lipinski definition) is 0. The molecule has 0 spiro atoms. The zero-order chi connectivity index (χ0) is 30.6. The lowest BCUT2D eigenvalue weighted by atomic mass is 10.0. The fourth-order valence-electron chi connectivity index (χ4n) is 7.05. The summed E-state index contributed by atoms with van der Waals surface area (Å²) in [6.07, 6.45) is 1.88. The van der Waals surface area contributed by atoms with Gasteiger partial charge in [0.05, 0.1) is 22.1 Å². The first kappa shape index (κ1) is 26.3. The Kier molecular flexibility index (Phi) is 6.00. The average molecular weight is 587 g/mol. The number of benzene rings is 7. The summed E-state index contributed by atoms with van der Waals surface area (Å²) in [7, 11) is 0. The molecule has 2 nitrogen and oxygen atoms in total. The monoisotopic (exact) mass is 586 g/mol. The van der Waals surface area contributed by atoms with Crippen molar-refractivity contribution < 1.29 is 0 Å². The van der Waals surface area contributed by atoms with Gasteiger partial charge in [-0.2, -0.15) is 0 Å². The van der Waals surface area contributed by atoms with Crippen LogP contribution in [-0.4, -0.2) is 9.13 Å². The molecule has 46 heavy (non-hydrogen) atoms. The van der Waals surface area contributed by atoms with Crippen molar-refractivity contribution in [2.45, 2.75) is 0 Å². The molecule has 0 saturated carbocycles. The van der Waals surface area contributed by atoms with Crippen LogP contribution in [0.2, 0.25) is 0 Å². The van der Waals surface area contributed by atoms with E-state index in [9.17, 15) is 0 Å². The molecule has 0 amide bonds. The Balaban J connectivity index is 1.11. The molecule has 0 bridgehead atoms. The summed E-state index contributed by atoms with van der Waals surface area (Å²) in [6, 6.07) is 59.3. The third kappa shape index (κ3) is 4.12. The molecule has 0 saturated heterocycles. The molecule has 2 heteroatoms. The molecule has 0 N–H and O–H groups in total. The molecule has 216 valence electrons. The van der Waals surface area contributed by atoms with E-state index in [1.54, 1.807) is 0 Å². The van der Waals surface area contributed by atoms with Gasteiger partial charge >= 0.3 is 0 Å². The maximum atomic E-state index is 3.90. The third-order valence-electron chi connectivity index (χ3n) is 9.32. The lowest BCUT2D eigenvalue weighted by molar-refractivity contribution is 1.18. The van der Waals surface area contributed by atoms with Gasteiger partial charge in [0.15, 0.2) is 0 Å². The van der Waals surface area contributed by atoms with Gasteiger partial charge in [0.2, 0.25) is 0 Å². The Bertz CT molecular complexity index is 2510. The standard InChI is InChI=1S/C44H30N2/c1-2-30-15-17-33(18-16-30)34-23-28-40-39-11-5-8-14-43(39)46(44(40)29-34)36-26-21-32(22-27-36)31-19-24-35(25-20-31)45-41-12-6-3-9-37(41)38-10-4-7-13-42(38)45/h2-29H,1H2. The first-order valence-electron chi connectivity index (χ1n) is 15.7. The van der Waals surface area contributed by atoms with Gasteiger partial charge in [0, 0.05) is 32.9 Å². The number of hydrogen-bond acceptors (Lipinski definition) is 0. The van der Waals surface area contributed by atoms with E-state index in [1.165, 1.54) is 65.9 Å². The molecular weight excluding hydrogens is 556 g/mol. The van der Waals surface area contributed by atoms with Crippen LogP contribution in [0.4, 0.5) is 0 Å². The summed E-state index contributed by atoms with van der Waals surface area (Å²) in [5, 5.41) is 5.07. The van der Waals surface area contributed by atoms with Crippen molar-refractivity contribution in [3.05, 3.63) is 176 Å². The predicted molar refractivity (Wildman–Crippen MR) is 196 cm³/mol. The minimum atomic E-state index is 1.13. The topological polar surface area (TPSA) is 9.86 Å². The molecule has 0 unspecified atom stereocenters. The van der Waals surface area contributed by atoms with Gasteiger partial charge in [-0.3, -0.25) is 0 Å². The van der Waals surface area contributed by atoms with Crippen molar-refractivity contribution in [1.29, 1.82) is 0 Å². The van der Waals surface area contributed by atoms with E-state index < -0.39 is 0 Å². The van der Waals surface area contributed by atoms with Gasteiger partial charge in [-0.25, -0.2) is 0 Å². The highest BCUT2D eigenvalue weighted by Crippen LogP contribution is 2.36. The van der Waals surface area contributed by atoms with Crippen LogP contribution >= 0.6 is 0 Å². The molecule has 0 radical (unpaired) electrons.